The van der Waals surface area contributed by atoms with Crippen molar-refractivity contribution in [2.45, 2.75) is 0 Å². The predicted octanol–water partition coefficient (Wildman–Crippen LogP) is -2.71. The molecule has 1 saturated heterocycles. The van der Waals surface area contributed by atoms with Crippen LogP contribution in [-0.4, -0.2) is 30.4 Å². The van der Waals surface area contributed by atoms with Crippen LogP contribution in [0.4, 0.5) is 4.79 Å². The van der Waals surface area contributed by atoms with Gasteiger partial charge < -0.3 is 0 Å². The van der Waals surface area contributed by atoms with E-state index in [1.807, 2.05) is 10.6 Å². The molecule has 0 bridgehead atoms. The van der Waals surface area contributed by atoms with E-state index in [0.29, 0.717) is 4.24 Å². The summed E-state index contributed by atoms with van der Waals surface area (Å²) in [6, 6.07) is -0.773. The maximum atomic E-state index is 11.3. The zero-order chi connectivity index (χ0) is 10.7. The maximum Gasteiger partial charge on any atom is 1.00 e. The number of barbiturate groups is 1. The monoisotopic (exact) mass is 255 g/mol. The molecule has 0 aromatic carbocycles. The van der Waals surface area contributed by atoms with Crippen molar-refractivity contribution in [3.8, 4) is 0 Å². The second-order valence-electron chi connectivity index (χ2n) is 2.31. The van der Waals surface area contributed by atoms with Crippen molar-refractivity contribution in [2.75, 3.05) is 12.5 Å². The normalized spacial score (nSPS) is 15.3. The van der Waals surface area contributed by atoms with Crippen LogP contribution >= 0.6 is 23.5 Å². The molecule has 15 heavy (non-hydrogen) atoms. The molecular weight excluding hydrogens is 247 g/mol. The molecule has 2 N–H and O–H groups in total. The number of thioether (sulfide) groups is 2. The van der Waals surface area contributed by atoms with Gasteiger partial charge in [0.2, 0.25) is 0 Å². The second kappa shape index (κ2) is 6.59. The molecule has 8 heteroatoms. The Morgan fingerprint density at radius 3 is 1.73 bits per heavy atom. The molecule has 0 unspecified atom stereocenters. The number of hydrogen-bond donors (Lipinski definition) is 2. The largest absolute Gasteiger partial charge is 1.00 e. The zero-order valence-electron chi connectivity index (χ0n) is 8.54. The molecule has 0 radical (unpaired) electrons. The van der Waals surface area contributed by atoms with Gasteiger partial charge in [0.15, 0.2) is 0 Å². The van der Waals surface area contributed by atoms with Crippen LogP contribution in [-0.2, 0) is 9.59 Å². The van der Waals surface area contributed by atoms with Gasteiger partial charge in [-0.1, -0.05) is 0 Å². The fourth-order valence-corrected chi connectivity index (χ4v) is 2.38. The SMILES string of the molecule is CSC(SC)=C1C(=O)NC(=O)NC1=O.[Na+]. The van der Waals surface area contributed by atoms with Crippen LogP contribution in [0.2, 0.25) is 0 Å². The fraction of sp³-hybridized carbons (Fsp3) is 0.286. The summed E-state index contributed by atoms with van der Waals surface area (Å²) in [4.78, 5) is 33.3. The fourth-order valence-electron chi connectivity index (χ4n) is 0.938. The van der Waals surface area contributed by atoms with Crippen molar-refractivity contribution < 1.29 is 43.9 Å². The smallest absolute Gasteiger partial charge is 0.273 e. The first-order valence-electron chi connectivity index (χ1n) is 3.59. The Hall–Kier alpha value is 0.0500. The van der Waals surface area contributed by atoms with Crippen molar-refractivity contribution >= 4 is 41.4 Å². The number of carbonyl (C=O) groups is 3. The van der Waals surface area contributed by atoms with Gasteiger partial charge in [0, 0.05) is 0 Å². The van der Waals surface area contributed by atoms with Gasteiger partial charge >= 0.3 is 35.6 Å². The van der Waals surface area contributed by atoms with Gasteiger partial charge in [-0.3, -0.25) is 20.2 Å². The minimum absolute atomic E-state index is 0. The first-order valence-corrected chi connectivity index (χ1v) is 6.04. The number of rotatable bonds is 2. The summed E-state index contributed by atoms with van der Waals surface area (Å²) >= 11 is 2.59. The Morgan fingerprint density at radius 1 is 1.00 bits per heavy atom. The van der Waals surface area contributed by atoms with E-state index in [2.05, 4.69) is 0 Å². The van der Waals surface area contributed by atoms with Crippen LogP contribution in [0.25, 0.3) is 0 Å². The van der Waals surface area contributed by atoms with Gasteiger partial charge in [0.05, 0.1) is 4.24 Å². The summed E-state index contributed by atoms with van der Waals surface area (Å²) in [6.07, 6.45) is 3.52. The third-order valence-electron chi connectivity index (χ3n) is 1.48. The Balaban J connectivity index is 0.00000196. The topological polar surface area (TPSA) is 75.3 Å². The molecule has 0 spiro atoms. The molecule has 1 heterocycles. The van der Waals surface area contributed by atoms with E-state index in [0.717, 1.165) is 0 Å². The average Bonchev–Trinajstić information content (AvgIpc) is 2.10. The molecule has 76 valence electrons. The van der Waals surface area contributed by atoms with Crippen LogP contribution in [0.3, 0.4) is 0 Å². The molecule has 1 aliphatic rings. The molecule has 1 fully saturated rings. The Kier molecular flexibility index (Phi) is 6.62. The predicted molar refractivity (Wildman–Crippen MR) is 55.7 cm³/mol. The molecule has 4 amide bonds. The standard InChI is InChI=1S/C7H8N2O3S2.Na/c1-13-6(14-2)3-4(10)8-7(12)9-5(3)11;/h1-2H3,(H2,8,9,10,11,12);/q;+1. The van der Waals surface area contributed by atoms with Crippen molar-refractivity contribution in [3.05, 3.63) is 9.81 Å². The van der Waals surface area contributed by atoms with E-state index in [4.69, 9.17) is 0 Å². The number of hydrogen-bond acceptors (Lipinski definition) is 5. The molecular formula is C7H8N2NaO3S2+. The molecule has 5 nitrogen and oxygen atoms in total. The van der Waals surface area contributed by atoms with Gasteiger partial charge in [0.1, 0.15) is 5.57 Å². The molecule has 0 saturated carbocycles. The number of urea groups is 1. The first kappa shape index (κ1) is 15.0. The van der Waals surface area contributed by atoms with E-state index in [1.54, 1.807) is 12.5 Å². The number of carbonyl (C=O) groups excluding carboxylic acids is 3. The quantitative estimate of drug-likeness (QED) is 0.319. The molecule has 0 aromatic rings. The van der Waals surface area contributed by atoms with Crippen molar-refractivity contribution in [1.82, 2.24) is 10.6 Å². The first-order chi connectivity index (χ1) is 6.60. The minimum atomic E-state index is -0.773. The van der Waals surface area contributed by atoms with Gasteiger partial charge in [-0.2, -0.15) is 0 Å². The van der Waals surface area contributed by atoms with Crippen molar-refractivity contribution in [1.29, 1.82) is 0 Å². The third-order valence-corrected chi connectivity index (χ3v) is 3.63. The van der Waals surface area contributed by atoms with E-state index < -0.39 is 17.8 Å². The summed E-state index contributed by atoms with van der Waals surface area (Å²) in [7, 11) is 0. The van der Waals surface area contributed by atoms with E-state index in [-0.39, 0.29) is 35.1 Å². The number of amides is 4. The average molecular weight is 255 g/mol. The summed E-state index contributed by atoms with van der Waals surface area (Å²) in [5.41, 5.74) is 0.00426. The second-order valence-corrected chi connectivity index (χ2v) is 4.20. The van der Waals surface area contributed by atoms with E-state index in [9.17, 15) is 14.4 Å². The minimum Gasteiger partial charge on any atom is -0.273 e. The molecule has 0 atom stereocenters. The van der Waals surface area contributed by atoms with Crippen LogP contribution in [0, 0.1) is 0 Å². The maximum absolute atomic E-state index is 11.3. The summed E-state index contributed by atoms with van der Waals surface area (Å²) < 4.78 is 0.590. The van der Waals surface area contributed by atoms with Gasteiger partial charge in [-0.25, -0.2) is 4.79 Å². The van der Waals surface area contributed by atoms with Crippen LogP contribution in [0.15, 0.2) is 9.81 Å². The number of imide groups is 2. The molecule has 0 aliphatic carbocycles. The number of nitrogens with one attached hydrogen (secondary N) is 2. The van der Waals surface area contributed by atoms with Crippen molar-refractivity contribution in [2.24, 2.45) is 0 Å². The summed E-state index contributed by atoms with van der Waals surface area (Å²) in [5.74, 6) is -1.28. The summed E-state index contributed by atoms with van der Waals surface area (Å²) in [5, 5.41) is 4.03. The Bertz CT molecular complexity index is 315. The van der Waals surface area contributed by atoms with Gasteiger partial charge in [-0.15, -0.1) is 23.5 Å². The summed E-state index contributed by atoms with van der Waals surface area (Å²) in [6.45, 7) is 0. The Labute approximate surface area is 117 Å². The molecule has 0 aromatic heterocycles. The van der Waals surface area contributed by atoms with Crippen LogP contribution < -0.4 is 40.2 Å². The molecule has 1 aliphatic heterocycles. The van der Waals surface area contributed by atoms with Gasteiger partial charge in [0.25, 0.3) is 11.8 Å². The van der Waals surface area contributed by atoms with Crippen molar-refractivity contribution in [3.63, 3.8) is 0 Å². The molecule has 1 rings (SSSR count). The van der Waals surface area contributed by atoms with Crippen LogP contribution in [0.5, 0.6) is 0 Å². The third kappa shape index (κ3) is 3.53. The van der Waals surface area contributed by atoms with Crippen LogP contribution in [0.1, 0.15) is 0 Å². The van der Waals surface area contributed by atoms with E-state index >= 15 is 0 Å². The van der Waals surface area contributed by atoms with Gasteiger partial charge in [-0.05, 0) is 12.5 Å². The zero-order valence-corrected chi connectivity index (χ0v) is 12.2. The van der Waals surface area contributed by atoms with E-state index in [1.165, 1.54) is 23.5 Å². The Morgan fingerprint density at radius 2 is 1.40 bits per heavy atom.